The molecule has 1 aliphatic rings. The Morgan fingerprint density at radius 1 is 1.25 bits per heavy atom. The first-order valence-corrected chi connectivity index (χ1v) is 9.31. The van der Waals surface area contributed by atoms with Crippen LogP contribution in [0.15, 0.2) is 36.4 Å². The molecular weight excluding hydrogens is 383 g/mol. The number of carbonyl (C=O) groups excluding carboxylic acids is 2. The number of fused-ring (bicyclic) bond motifs is 1. The highest BCUT2D eigenvalue weighted by Crippen LogP contribution is 2.36. The zero-order valence-electron chi connectivity index (χ0n) is 16.0. The van der Waals surface area contributed by atoms with E-state index in [9.17, 15) is 14.0 Å². The van der Waals surface area contributed by atoms with Gasteiger partial charge in [0.25, 0.3) is 5.91 Å². The molecule has 1 aliphatic heterocycles. The quantitative estimate of drug-likeness (QED) is 0.842. The van der Waals surface area contributed by atoms with Crippen LogP contribution in [0.3, 0.4) is 0 Å². The fourth-order valence-electron chi connectivity index (χ4n) is 2.89. The molecule has 2 amide bonds. The number of hydrogen-bond donors (Lipinski definition) is 1. The van der Waals surface area contributed by atoms with Gasteiger partial charge in [-0.15, -0.1) is 0 Å². The van der Waals surface area contributed by atoms with Crippen molar-refractivity contribution in [3.8, 4) is 5.75 Å². The second-order valence-electron chi connectivity index (χ2n) is 7.73. The van der Waals surface area contributed by atoms with Crippen molar-refractivity contribution in [3.63, 3.8) is 0 Å². The molecule has 7 heteroatoms. The number of rotatable bonds is 4. The van der Waals surface area contributed by atoms with Gasteiger partial charge in [0.1, 0.15) is 18.1 Å². The van der Waals surface area contributed by atoms with Gasteiger partial charge in [-0.2, -0.15) is 0 Å². The summed E-state index contributed by atoms with van der Waals surface area (Å²) in [5, 5.41) is 2.72. The fourth-order valence-corrected chi connectivity index (χ4v) is 3.10. The van der Waals surface area contributed by atoms with Crippen LogP contribution in [0.25, 0.3) is 0 Å². The first kappa shape index (κ1) is 20.1. The van der Waals surface area contributed by atoms with Crippen molar-refractivity contribution in [2.45, 2.75) is 32.7 Å². The highest BCUT2D eigenvalue weighted by Gasteiger charge is 2.28. The number of hydrogen-bond acceptors (Lipinski definition) is 3. The van der Waals surface area contributed by atoms with Crippen LogP contribution in [0.5, 0.6) is 5.75 Å². The lowest BCUT2D eigenvalue weighted by Gasteiger charge is -2.30. The molecule has 0 unspecified atom stereocenters. The molecule has 0 aliphatic carbocycles. The van der Waals surface area contributed by atoms with E-state index in [2.05, 4.69) is 26.1 Å². The van der Waals surface area contributed by atoms with Crippen molar-refractivity contribution in [2.24, 2.45) is 0 Å². The van der Waals surface area contributed by atoms with E-state index in [0.717, 1.165) is 5.56 Å². The lowest BCUT2D eigenvalue weighted by atomic mass is 9.86. The standard InChI is InChI=1S/C21H22ClFN2O3/c1-21(2,3)14-5-7-17-18(9-14)28-12-20(27)25(17)11-19(26)24-10-13-4-6-16(23)15(22)8-13/h4-9H,10-12H2,1-3H3,(H,24,26). The van der Waals surface area contributed by atoms with Gasteiger partial charge < -0.3 is 10.1 Å². The predicted molar refractivity (Wildman–Crippen MR) is 106 cm³/mol. The molecule has 28 heavy (non-hydrogen) atoms. The van der Waals surface area contributed by atoms with Crippen LogP contribution in [-0.4, -0.2) is 25.0 Å². The third-order valence-corrected chi connectivity index (χ3v) is 4.83. The number of benzene rings is 2. The van der Waals surface area contributed by atoms with Crippen LogP contribution < -0.4 is 15.0 Å². The molecule has 0 saturated carbocycles. The van der Waals surface area contributed by atoms with Crippen molar-refractivity contribution in [2.75, 3.05) is 18.1 Å². The summed E-state index contributed by atoms with van der Waals surface area (Å²) >= 11 is 5.75. The number of ether oxygens (including phenoxy) is 1. The molecule has 0 fully saturated rings. The van der Waals surface area contributed by atoms with Gasteiger partial charge in [0.05, 0.1) is 10.7 Å². The van der Waals surface area contributed by atoms with Crippen LogP contribution >= 0.6 is 11.6 Å². The Morgan fingerprint density at radius 2 is 2.00 bits per heavy atom. The predicted octanol–water partition coefficient (Wildman–Crippen LogP) is 3.82. The van der Waals surface area contributed by atoms with E-state index in [4.69, 9.17) is 16.3 Å². The molecule has 2 aromatic rings. The van der Waals surface area contributed by atoms with Gasteiger partial charge in [-0.1, -0.05) is 44.5 Å². The molecule has 2 aromatic carbocycles. The average Bonchev–Trinajstić information content (AvgIpc) is 2.64. The summed E-state index contributed by atoms with van der Waals surface area (Å²) in [4.78, 5) is 26.1. The first-order valence-electron chi connectivity index (χ1n) is 8.93. The van der Waals surface area contributed by atoms with E-state index >= 15 is 0 Å². The number of nitrogens with one attached hydrogen (secondary N) is 1. The highest BCUT2D eigenvalue weighted by atomic mass is 35.5. The number of amides is 2. The van der Waals surface area contributed by atoms with Crippen molar-refractivity contribution in [1.29, 1.82) is 0 Å². The number of carbonyl (C=O) groups is 2. The minimum atomic E-state index is -0.512. The third-order valence-electron chi connectivity index (χ3n) is 4.54. The molecule has 0 spiro atoms. The van der Waals surface area contributed by atoms with Gasteiger partial charge >= 0.3 is 0 Å². The molecule has 0 bridgehead atoms. The summed E-state index contributed by atoms with van der Waals surface area (Å²) in [5.41, 5.74) is 2.27. The largest absolute Gasteiger partial charge is 0.482 e. The van der Waals surface area contributed by atoms with Crippen LogP contribution in [0.1, 0.15) is 31.9 Å². The Bertz CT molecular complexity index is 924. The van der Waals surface area contributed by atoms with E-state index in [1.165, 1.54) is 17.0 Å². The summed E-state index contributed by atoms with van der Waals surface area (Å²) in [6, 6.07) is 9.91. The highest BCUT2D eigenvalue weighted by molar-refractivity contribution is 6.30. The van der Waals surface area contributed by atoms with E-state index in [1.807, 2.05) is 12.1 Å². The van der Waals surface area contributed by atoms with Crippen LogP contribution in [0.4, 0.5) is 10.1 Å². The molecule has 0 saturated heterocycles. The molecule has 148 valence electrons. The molecule has 1 heterocycles. The van der Waals surface area contributed by atoms with E-state index < -0.39 is 5.82 Å². The van der Waals surface area contributed by atoms with Crippen LogP contribution in [0, 0.1) is 5.82 Å². The molecular formula is C21H22ClFN2O3. The normalized spacial score (nSPS) is 13.8. The van der Waals surface area contributed by atoms with E-state index in [0.29, 0.717) is 17.0 Å². The van der Waals surface area contributed by atoms with Gasteiger partial charge in [0, 0.05) is 6.54 Å². The van der Waals surface area contributed by atoms with Crippen molar-refractivity contribution >= 4 is 29.1 Å². The SMILES string of the molecule is CC(C)(C)c1ccc2c(c1)OCC(=O)N2CC(=O)NCc1ccc(F)c(Cl)c1. The Morgan fingerprint density at radius 3 is 2.68 bits per heavy atom. The second kappa shape index (κ2) is 7.80. The molecule has 3 rings (SSSR count). The number of anilines is 1. The summed E-state index contributed by atoms with van der Waals surface area (Å²) in [5.74, 6) is -0.537. The second-order valence-corrected chi connectivity index (χ2v) is 8.13. The first-order chi connectivity index (χ1) is 13.1. The summed E-state index contributed by atoms with van der Waals surface area (Å²) < 4.78 is 18.8. The van der Waals surface area contributed by atoms with Gasteiger partial charge in [-0.3, -0.25) is 14.5 Å². The molecule has 1 N–H and O–H groups in total. The summed E-state index contributed by atoms with van der Waals surface area (Å²) in [6.45, 7) is 6.23. The Kier molecular flexibility index (Phi) is 5.61. The van der Waals surface area contributed by atoms with Crippen LogP contribution in [0.2, 0.25) is 5.02 Å². The minimum absolute atomic E-state index is 0.00122. The zero-order valence-corrected chi connectivity index (χ0v) is 16.8. The summed E-state index contributed by atoms with van der Waals surface area (Å²) in [7, 11) is 0. The Balaban J connectivity index is 1.70. The Labute approximate surface area is 168 Å². The maximum Gasteiger partial charge on any atom is 0.265 e. The molecule has 0 atom stereocenters. The maximum absolute atomic E-state index is 13.2. The maximum atomic E-state index is 13.2. The van der Waals surface area contributed by atoms with Gasteiger partial charge in [0.15, 0.2) is 6.61 Å². The van der Waals surface area contributed by atoms with Gasteiger partial charge in [0.2, 0.25) is 5.91 Å². The number of halogens is 2. The number of nitrogens with zero attached hydrogens (tertiary/aromatic N) is 1. The topological polar surface area (TPSA) is 58.6 Å². The minimum Gasteiger partial charge on any atom is -0.482 e. The molecule has 5 nitrogen and oxygen atoms in total. The smallest absolute Gasteiger partial charge is 0.265 e. The Hall–Kier alpha value is -2.60. The monoisotopic (exact) mass is 404 g/mol. The van der Waals surface area contributed by atoms with E-state index in [-0.39, 0.29) is 41.9 Å². The summed E-state index contributed by atoms with van der Waals surface area (Å²) in [6.07, 6.45) is 0. The molecule has 0 radical (unpaired) electrons. The fraction of sp³-hybridized carbons (Fsp3) is 0.333. The van der Waals surface area contributed by atoms with Gasteiger partial charge in [-0.25, -0.2) is 4.39 Å². The van der Waals surface area contributed by atoms with Crippen LogP contribution in [-0.2, 0) is 21.5 Å². The third kappa shape index (κ3) is 4.44. The lowest BCUT2D eigenvalue weighted by Crippen LogP contribution is -2.45. The van der Waals surface area contributed by atoms with Crippen molar-refractivity contribution < 1.29 is 18.7 Å². The van der Waals surface area contributed by atoms with Crippen molar-refractivity contribution in [1.82, 2.24) is 5.32 Å². The average molecular weight is 405 g/mol. The van der Waals surface area contributed by atoms with E-state index in [1.54, 1.807) is 12.1 Å². The molecule has 0 aromatic heterocycles. The zero-order chi connectivity index (χ0) is 20.5. The lowest BCUT2D eigenvalue weighted by molar-refractivity contribution is -0.125. The van der Waals surface area contributed by atoms with Crippen molar-refractivity contribution in [3.05, 3.63) is 58.4 Å². The van der Waals surface area contributed by atoms with Gasteiger partial charge in [-0.05, 0) is 40.8 Å².